The van der Waals surface area contributed by atoms with Crippen LogP contribution in [0, 0.1) is 19.7 Å². The summed E-state index contributed by atoms with van der Waals surface area (Å²) in [5.41, 5.74) is 5.54. The molecule has 35 heavy (non-hydrogen) atoms. The summed E-state index contributed by atoms with van der Waals surface area (Å²) in [5.74, 6) is -0.865. The molecule has 0 atom stereocenters. The Balaban J connectivity index is 1.83. The number of aromatic nitrogens is 1. The van der Waals surface area contributed by atoms with Gasteiger partial charge in [0.25, 0.3) is 5.91 Å². The maximum Gasteiger partial charge on any atom is 0.340 e. The van der Waals surface area contributed by atoms with Gasteiger partial charge in [0, 0.05) is 22.8 Å². The summed E-state index contributed by atoms with van der Waals surface area (Å²) in [7, 11) is 1.30. The molecule has 2 heterocycles. The zero-order chi connectivity index (χ0) is 25.4. The van der Waals surface area contributed by atoms with Gasteiger partial charge >= 0.3 is 5.97 Å². The number of anilines is 1. The van der Waals surface area contributed by atoms with Gasteiger partial charge in [-0.1, -0.05) is 38.1 Å². The number of rotatable bonds is 5. The van der Waals surface area contributed by atoms with Crippen molar-refractivity contribution in [2.45, 2.75) is 40.5 Å². The first-order chi connectivity index (χ1) is 16.6. The van der Waals surface area contributed by atoms with Crippen molar-refractivity contribution in [1.82, 2.24) is 4.57 Å². The van der Waals surface area contributed by atoms with E-state index in [4.69, 9.17) is 4.74 Å². The predicted molar refractivity (Wildman–Crippen MR) is 136 cm³/mol. The molecular formula is C29H29FN2O3. The Hall–Kier alpha value is -3.93. The van der Waals surface area contributed by atoms with Gasteiger partial charge in [-0.3, -0.25) is 9.69 Å². The van der Waals surface area contributed by atoms with E-state index < -0.39 is 5.97 Å². The van der Waals surface area contributed by atoms with E-state index in [9.17, 15) is 14.0 Å². The van der Waals surface area contributed by atoms with Crippen molar-refractivity contribution in [3.63, 3.8) is 0 Å². The topological polar surface area (TPSA) is 51.5 Å². The molecule has 4 rings (SSSR count). The summed E-state index contributed by atoms with van der Waals surface area (Å²) in [6, 6.07) is 16.2. The van der Waals surface area contributed by atoms with E-state index in [2.05, 4.69) is 13.8 Å². The molecule has 1 amide bonds. The average molecular weight is 473 g/mol. The monoisotopic (exact) mass is 472 g/mol. The third-order valence-electron chi connectivity index (χ3n) is 6.47. The maximum atomic E-state index is 14.5. The van der Waals surface area contributed by atoms with Gasteiger partial charge in [-0.05, 0) is 74.2 Å². The van der Waals surface area contributed by atoms with Crippen LogP contribution in [0.5, 0.6) is 0 Å². The van der Waals surface area contributed by atoms with Crippen molar-refractivity contribution in [3.8, 4) is 5.69 Å². The fourth-order valence-corrected chi connectivity index (χ4v) is 4.59. The van der Waals surface area contributed by atoms with Gasteiger partial charge in [0.15, 0.2) is 0 Å². The highest BCUT2D eigenvalue weighted by atomic mass is 19.1. The van der Waals surface area contributed by atoms with Crippen LogP contribution in [-0.2, 0) is 14.3 Å². The number of carbonyl (C=O) groups is 2. The predicted octanol–water partition coefficient (Wildman–Crippen LogP) is 6.23. The highest BCUT2D eigenvalue weighted by molar-refractivity contribution is 6.23. The van der Waals surface area contributed by atoms with E-state index in [1.807, 2.05) is 44.2 Å². The van der Waals surface area contributed by atoms with Crippen molar-refractivity contribution in [3.05, 3.63) is 99.8 Å². The first-order valence-corrected chi connectivity index (χ1v) is 11.5. The zero-order valence-electron chi connectivity index (χ0n) is 20.8. The Kier molecular flexibility index (Phi) is 6.48. The van der Waals surface area contributed by atoms with Crippen molar-refractivity contribution in [2.24, 2.45) is 0 Å². The molecule has 0 spiro atoms. The van der Waals surface area contributed by atoms with Crippen LogP contribution in [0.4, 0.5) is 10.1 Å². The molecule has 3 aromatic rings. The molecule has 1 aromatic heterocycles. The number of para-hydroxylation sites is 1. The van der Waals surface area contributed by atoms with Crippen molar-refractivity contribution < 1.29 is 18.7 Å². The van der Waals surface area contributed by atoms with Crippen LogP contribution in [0.1, 0.15) is 49.2 Å². The zero-order valence-corrected chi connectivity index (χ0v) is 20.8. The number of hydrogen-bond donors (Lipinski definition) is 0. The Morgan fingerprint density at radius 2 is 1.69 bits per heavy atom. The lowest BCUT2D eigenvalue weighted by Crippen LogP contribution is -2.24. The molecule has 5 nitrogen and oxygen atoms in total. The van der Waals surface area contributed by atoms with Crippen molar-refractivity contribution in [1.29, 1.82) is 0 Å². The molecule has 0 unspecified atom stereocenters. The van der Waals surface area contributed by atoms with E-state index >= 15 is 0 Å². The number of ether oxygens (including phenoxy) is 1. The van der Waals surface area contributed by atoms with Crippen LogP contribution in [0.25, 0.3) is 11.8 Å². The smallest absolute Gasteiger partial charge is 0.340 e. The van der Waals surface area contributed by atoms with Crippen LogP contribution in [0.3, 0.4) is 0 Å². The molecule has 180 valence electrons. The molecule has 2 aromatic carbocycles. The van der Waals surface area contributed by atoms with Crippen LogP contribution in [0.2, 0.25) is 0 Å². The van der Waals surface area contributed by atoms with Crippen LogP contribution in [-0.4, -0.2) is 23.6 Å². The molecule has 0 saturated heterocycles. The second-order valence-electron chi connectivity index (χ2n) is 9.01. The summed E-state index contributed by atoms with van der Waals surface area (Å²) in [6.07, 6.45) is 1.69. The number of allylic oxidation sites excluding steroid dienone is 1. The number of esters is 1. The first kappa shape index (κ1) is 24.2. The highest BCUT2D eigenvalue weighted by Gasteiger charge is 2.38. The summed E-state index contributed by atoms with van der Waals surface area (Å²) in [6.45, 7) is 9.69. The van der Waals surface area contributed by atoms with Crippen LogP contribution >= 0.6 is 0 Å². The van der Waals surface area contributed by atoms with E-state index in [1.165, 1.54) is 18.1 Å². The number of halogens is 1. The van der Waals surface area contributed by atoms with E-state index in [0.717, 1.165) is 22.5 Å². The molecule has 6 heteroatoms. The lowest BCUT2D eigenvalue weighted by Gasteiger charge is -2.19. The van der Waals surface area contributed by atoms with Gasteiger partial charge in [0.2, 0.25) is 0 Å². The Labute approximate surface area is 205 Å². The molecule has 0 bridgehead atoms. The lowest BCUT2D eigenvalue weighted by molar-refractivity contribution is -0.136. The molecule has 1 aliphatic rings. The number of carbonyl (C=O) groups excluding carboxylic acids is 2. The molecule has 0 N–H and O–H groups in total. The summed E-state index contributed by atoms with van der Waals surface area (Å²) < 4.78 is 21.4. The third kappa shape index (κ3) is 4.20. The highest BCUT2D eigenvalue weighted by Crippen LogP contribution is 2.37. The number of hydrogen-bond acceptors (Lipinski definition) is 3. The SMILES string of the molecule is COC(=O)C1=C(C)N(c2ccc(C(C)C)cc2)C(=O)/C1=C\c1cc(C)n(-c2ccccc2F)c1C. The second-order valence-corrected chi connectivity index (χ2v) is 9.01. The van der Waals surface area contributed by atoms with Crippen molar-refractivity contribution in [2.75, 3.05) is 12.0 Å². The van der Waals surface area contributed by atoms with Gasteiger partial charge in [-0.2, -0.15) is 0 Å². The van der Waals surface area contributed by atoms with E-state index in [0.29, 0.717) is 23.0 Å². The number of amides is 1. The Morgan fingerprint density at radius 3 is 2.29 bits per heavy atom. The molecule has 0 radical (unpaired) electrons. The Morgan fingerprint density at radius 1 is 1.03 bits per heavy atom. The molecule has 1 aliphatic heterocycles. The molecule has 0 saturated carbocycles. The van der Waals surface area contributed by atoms with Gasteiger partial charge in [0.1, 0.15) is 5.82 Å². The minimum absolute atomic E-state index is 0.223. The summed E-state index contributed by atoms with van der Waals surface area (Å²) >= 11 is 0. The molecule has 0 aliphatic carbocycles. The number of methoxy groups -OCH3 is 1. The van der Waals surface area contributed by atoms with Gasteiger partial charge in [-0.25, -0.2) is 9.18 Å². The van der Waals surface area contributed by atoms with Crippen molar-refractivity contribution >= 4 is 23.6 Å². The largest absolute Gasteiger partial charge is 0.465 e. The quantitative estimate of drug-likeness (QED) is 0.327. The summed E-state index contributed by atoms with van der Waals surface area (Å²) in [4.78, 5) is 27.9. The van der Waals surface area contributed by atoms with Crippen LogP contribution in [0.15, 0.2) is 71.4 Å². The van der Waals surface area contributed by atoms with E-state index in [-0.39, 0.29) is 22.9 Å². The fraction of sp³-hybridized carbons (Fsp3) is 0.241. The van der Waals surface area contributed by atoms with Gasteiger partial charge in [0.05, 0.1) is 23.9 Å². The third-order valence-corrected chi connectivity index (χ3v) is 6.47. The minimum Gasteiger partial charge on any atom is -0.465 e. The second kappa shape index (κ2) is 9.37. The Bertz CT molecular complexity index is 1380. The summed E-state index contributed by atoms with van der Waals surface area (Å²) in [5, 5.41) is 0. The molecular weight excluding hydrogens is 443 g/mol. The molecule has 0 fully saturated rings. The number of benzene rings is 2. The normalized spacial score (nSPS) is 15.0. The van der Waals surface area contributed by atoms with E-state index in [1.54, 1.807) is 35.8 Å². The lowest BCUT2D eigenvalue weighted by atomic mass is 10.0. The average Bonchev–Trinajstić information content (AvgIpc) is 3.25. The maximum absolute atomic E-state index is 14.5. The van der Waals surface area contributed by atoms with Gasteiger partial charge in [-0.15, -0.1) is 0 Å². The standard InChI is InChI=1S/C29H29FN2O3/c1-17(2)21-11-13-23(14-12-21)32-20(5)27(29(34)35-6)24(28(32)33)16-22-15-18(3)31(19(22)4)26-10-8-7-9-25(26)30/h7-17H,1-6H3/b24-16-. The first-order valence-electron chi connectivity index (χ1n) is 11.5. The van der Waals surface area contributed by atoms with Gasteiger partial charge < -0.3 is 9.30 Å². The fourth-order valence-electron chi connectivity index (χ4n) is 4.59. The minimum atomic E-state index is -0.577. The number of nitrogens with zero attached hydrogens (tertiary/aromatic N) is 2. The van der Waals surface area contributed by atoms with Crippen LogP contribution < -0.4 is 4.90 Å². The number of aryl methyl sites for hydroxylation is 1.